The van der Waals surface area contributed by atoms with Gasteiger partial charge < -0.3 is 15.0 Å². The lowest BCUT2D eigenvalue weighted by molar-refractivity contribution is 0.105. The third-order valence-corrected chi connectivity index (χ3v) is 3.43. The molecule has 16 heavy (non-hydrogen) atoms. The van der Waals surface area contributed by atoms with E-state index in [4.69, 9.17) is 4.74 Å². The summed E-state index contributed by atoms with van der Waals surface area (Å²) in [5.41, 5.74) is 0.470. The number of nitrogens with zero attached hydrogens (tertiary/aromatic N) is 1. The summed E-state index contributed by atoms with van der Waals surface area (Å²) in [6.07, 6.45) is 3.73. The van der Waals surface area contributed by atoms with Crippen molar-refractivity contribution in [2.75, 3.05) is 46.4 Å². The third-order valence-electron chi connectivity index (χ3n) is 3.43. The summed E-state index contributed by atoms with van der Waals surface area (Å²) in [6.45, 7) is 11.1. The molecule has 1 N–H and O–H groups in total. The molecule has 0 saturated carbocycles. The molecule has 0 aromatic carbocycles. The van der Waals surface area contributed by atoms with Gasteiger partial charge in [0.25, 0.3) is 0 Å². The van der Waals surface area contributed by atoms with E-state index in [2.05, 4.69) is 24.1 Å². The first kappa shape index (κ1) is 13.9. The van der Waals surface area contributed by atoms with Gasteiger partial charge in [-0.1, -0.05) is 20.3 Å². The van der Waals surface area contributed by atoms with Gasteiger partial charge in [0.1, 0.15) is 0 Å². The Balaban J connectivity index is 2.07. The molecule has 0 amide bonds. The normalized spacial score (nSPS) is 26.4. The number of hydrogen-bond acceptors (Lipinski definition) is 3. The second kappa shape index (κ2) is 7.25. The van der Waals surface area contributed by atoms with Crippen molar-refractivity contribution in [1.82, 2.24) is 10.2 Å². The maximum absolute atomic E-state index is 5.61. The summed E-state index contributed by atoms with van der Waals surface area (Å²) in [5, 5.41) is 3.30. The first-order valence-electron chi connectivity index (χ1n) is 6.65. The summed E-state index contributed by atoms with van der Waals surface area (Å²) in [5.74, 6) is 0. The van der Waals surface area contributed by atoms with Crippen LogP contribution in [0, 0.1) is 5.41 Å². The van der Waals surface area contributed by atoms with Gasteiger partial charge in [0.15, 0.2) is 0 Å². The molecule has 1 unspecified atom stereocenters. The molecule has 0 spiro atoms. The van der Waals surface area contributed by atoms with Crippen LogP contribution in [0.5, 0.6) is 0 Å². The first-order chi connectivity index (χ1) is 7.70. The molecular formula is C13H28N2O. The zero-order chi connectivity index (χ0) is 11.9. The van der Waals surface area contributed by atoms with Crippen molar-refractivity contribution in [2.45, 2.75) is 33.1 Å². The summed E-state index contributed by atoms with van der Waals surface area (Å²) in [7, 11) is 2.04. The van der Waals surface area contributed by atoms with Gasteiger partial charge in [0.2, 0.25) is 0 Å². The van der Waals surface area contributed by atoms with E-state index in [9.17, 15) is 0 Å². The Morgan fingerprint density at radius 2 is 2.19 bits per heavy atom. The van der Waals surface area contributed by atoms with Crippen LogP contribution in [0.1, 0.15) is 33.1 Å². The van der Waals surface area contributed by atoms with Crippen LogP contribution in [-0.4, -0.2) is 51.3 Å². The Kier molecular flexibility index (Phi) is 6.32. The SMILES string of the molecule is CCCCOCCN1CCC(C)(CNC)C1. The molecule has 3 nitrogen and oxygen atoms in total. The van der Waals surface area contributed by atoms with Crippen LogP contribution in [0.15, 0.2) is 0 Å². The zero-order valence-electron chi connectivity index (χ0n) is 11.2. The molecule has 0 aromatic heterocycles. The van der Waals surface area contributed by atoms with E-state index in [1.807, 2.05) is 7.05 Å². The van der Waals surface area contributed by atoms with E-state index < -0.39 is 0 Å². The van der Waals surface area contributed by atoms with E-state index in [1.165, 1.54) is 32.4 Å². The highest BCUT2D eigenvalue weighted by Gasteiger charge is 2.32. The van der Waals surface area contributed by atoms with Crippen molar-refractivity contribution in [1.29, 1.82) is 0 Å². The summed E-state index contributed by atoms with van der Waals surface area (Å²) in [6, 6.07) is 0. The molecule has 1 fully saturated rings. The molecule has 1 rings (SSSR count). The highest BCUT2D eigenvalue weighted by atomic mass is 16.5. The van der Waals surface area contributed by atoms with Gasteiger partial charge in [0, 0.05) is 26.2 Å². The molecule has 1 atom stereocenters. The molecule has 0 aromatic rings. The van der Waals surface area contributed by atoms with Crippen molar-refractivity contribution in [3.8, 4) is 0 Å². The van der Waals surface area contributed by atoms with Crippen molar-refractivity contribution in [2.24, 2.45) is 5.41 Å². The van der Waals surface area contributed by atoms with Crippen LogP contribution in [-0.2, 0) is 4.74 Å². The molecule has 0 bridgehead atoms. The molecule has 0 aliphatic carbocycles. The van der Waals surface area contributed by atoms with Crippen molar-refractivity contribution >= 4 is 0 Å². The van der Waals surface area contributed by atoms with Crippen LogP contribution in [0.4, 0.5) is 0 Å². The van der Waals surface area contributed by atoms with E-state index >= 15 is 0 Å². The zero-order valence-corrected chi connectivity index (χ0v) is 11.2. The molecule has 1 saturated heterocycles. The fraction of sp³-hybridized carbons (Fsp3) is 1.00. The van der Waals surface area contributed by atoms with Crippen LogP contribution < -0.4 is 5.32 Å². The highest BCUT2D eigenvalue weighted by Crippen LogP contribution is 2.28. The molecule has 3 heteroatoms. The standard InChI is InChI=1S/C13H28N2O/c1-4-5-9-16-10-8-15-7-6-13(2,12-15)11-14-3/h14H,4-12H2,1-3H3. The molecule has 1 aliphatic rings. The second-order valence-electron chi connectivity index (χ2n) is 5.33. The number of unbranched alkanes of at least 4 members (excludes halogenated alkanes) is 1. The molecule has 1 aliphatic heterocycles. The predicted octanol–water partition coefficient (Wildman–Crippen LogP) is 1.73. The number of likely N-dealkylation sites (tertiary alicyclic amines) is 1. The van der Waals surface area contributed by atoms with Crippen LogP contribution in [0.2, 0.25) is 0 Å². The minimum atomic E-state index is 0.470. The van der Waals surface area contributed by atoms with E-state index in [0.29, 0.717) is 5.41 Å². The molecular weight excluding hydrogens is 200 g/mol. The number of nitrogens with one attached hydrogen (secondary N) is 1. The van der Waals surface area contributed by atoms with E-state index in [-0.39, 0.29) is 0 Å². The van der Waals surface area contributed by atoms with Crippen LogP contribution in [0.3, 0.4) is 0 Å². The Morgan fingerprint density at radius 3 is 2.88 bits per heavy atom. The summed E-state index contributed by atoms with van der Waals surface area (Å²) < 4.78 is 5.61. The van der Waals surface area contributed by atoms with Gasteiger partial charge in [-0.05, 0) is 31.8 Å². The van der Waals surface area contributed by atoms with Gasteiger partial charge >= 0.3 is 0 Å². The minimum absolute atomic E-state index is 0.470. The lowest BCUT2D eigenvalue weighted by Gasteiger charge is -2.24. The van der Waals surface area contributed by atoms with E-state index in [0.717, 1.165) is 26.3 Å². The van der Waals surface area contributed by atoms with Crippen LogP contribution >= 0.6 is 0 Å². The van der Waals surface area contributed by atoms with Crippen molar-refractivity contribution in [3.05, 3.63) is 0 Å². The van der Waals surface area contributed by atoms with Gasteiger partial charge in [-0.3, -0.25) is 0 Å². The van der Waals surface area contributed by atoms with Crippen molar-refractivity contribution in [3.63, 3.8) is 0 Å². The topological polar surface area (TPSA) is 24.5 Å². The van der Waals surface area contributed by atoms with Crippen LogP contribution in [0.25, 0.3) is 0 Å². The smallest absolute Gasteiger partial charge is 0.0593 e. The fourth-order valence-corrected chi connectivity index (χ4v) is 2.43. The maximum atomic E-state index is 5.61. The molecule has 1 heterocycles. The first-order valence-corrected chi connectivity index (χ1v) is 6.65. The van der Waals surface area contributed by atoms with Gasteiger partial charge in [-0.25, -0.2) is 0 Å². The lowest BCUT2D eigenvalue weighted by Crippen LogP contribution is -2.34. The monoisotopic (exact) mass is 228 g/mol. The number of hydrogen-bond donors (Lipinski definition) is 1. The number of rotatable bonds is 8. The summed E-state index contributed by atoms with van der Waals surface area (Å²) in [4.78, 5) is 2.53. The Bertz CT molecular complexity index is 187. The Morgan fingerprint density at radius 1 is 1.38 bits per heavy atom. The van der Waals surface area contributed by atoms with Gasteiger partial charge in [0.05, 0.1) is 6.61 Å². The second-order valence-corrected chi connectivity index (χ2v) is 5.33. The molecule has 96 valence electrons. The third kappa shape index (κ3) is 4.81. The summed E-state index contributed by atoms with van der Waals surface area (Å²) >= 11 is 0. The Labute approximate surface area is 101 Å². The Hall–Kier alpha value is -0.120. The maximum Gasteiger partial charge on any atom is 0.0593 e. The number of ether oxygens (including phenoxy) is 1. The average Bonchev–Trinajstić information content (AvgIpc) is 2.61. The van der Waals surface area contributed by atoms with Crippen molar-refractivity contribution < 1.29 is 4.74 Å². The van der Waals surface area contributed by atoms with E-state index in [1.54, 1.807) is 0 Å². The lowest BCUT2D eigenvalue weighted by atomic mass is 9.90. The quantitative estimate of drug-likeness (QED) is 0.640. The van der Waals surface area contributed by atoms with Gasteiger partial charge in [-0.15, -0.1) is 0 Å². The highest BCUT2D eigenvalue weighted by molar-refractivity contribution is 4.87. The molecule has 0 radical (unpaired) electrons. The predicted molar refractivity (Wildman–Crippen MR) is 68.8 cm³/mol. The van der Waals surface area contributed by atoms with Gasteiger partial charge in [-0.2, -0.15) is 0 Å². The minimum Gasteiger partial charge on any atom is -0.380 e. The fourth-order valence-electron chi connectivity index (χ4n) is 2.43. The average molecular weight is 228 g/mol. The largest absolute Gasteiger partial charge is 0.380 e.